The van der Waals surface area contributed by atoms with Crippen molar-refractivity contribution in [3.8, 4) is 5.75 Å². The van der Waals surface area contributed by atoms with Crippen LogP contribution in [0, 0.1) is 6.92 Å². The molecule has 0 atom stereocenters. The molecule has 0 spiro atoms. The fourth-order valence-electron chi connectivity index (χ4n) is 2.44. The molecule has 3 N–H and O–H groups in total. The molecular weight excluding hydrogens is 318 g/mol. The van der Waals surface area contributed by atoms with E-state index in [9.17, 15) is 4.79 Å². The number of benzene rings is 2. The lowest BCUT2D eigenvalue weighted by molar-refractivity contribution is 0.102. The van der Waals surface area contributed by atoms with Crippen LogP contribution in [0.25, 0.3) is 0 Å². The molecule has 3 aromatic rings. The normalized spacial score (nSPS) is 10.5. The number of anilines is 2. The van der Waals surface area contributed by atoms with Gasteiger partial charge in [0.2, 0.25) is 0 Å². The predicted molar refractivity (Wildman–Crippen MR) is 95.7 cm³/mol. The van der Waals surface area contributed by atoms with Crippen molar-refractivity contribution in [2.24, 2.45) is 0 Å². The molecule has 0 saturated heterocycles. The third-order valence-corrected chi connectivity index (χ3v) is 3.90. The van der Waals surface area contributed by atoms with Crippen LogP contribution in [0.4, 0.5) is 11.5 Å². The number of ether oxygens (including phenoxy) is 1. The third kappa shape index (κ3) is 3.60. The number of hydrogen-bond donors (Lipinski definition) is 2. The SMILES string of the molecule is COc1cccc(NC(=O)c2nnn(Cc3ccccc3C)c2N)c1. The van der Waals surface area contributed by atoms with Crippen LogP contribution in [0.2, 0.25) is 0 Å². The summed E-state index contributed by atoms with van der Waals surface area (Å²) in [6.07, 6.45) is 0. The fraction of sp³-hybridized carbons (Fsp3) is 0.167. The number of nitrogens with one attached hydrogen (secondary N) is 1. The Bertz CT molecular complexity index is 904. The molecule has 1 heterocycles. The topological polar surface area (TPSA) is 95.1 Å². The largest absolute Gasteiger partial charge is 0.497 e. The van der Waals surface area contributed by atoms with E-state index < -0.39 is 5.91 Å². The second kappa shape index (κ2) is 7.04. The molecule has 0 radical (unpaired) electrons. The molecule has 0 aliphatic heterocycles. The zero-order valence-corrected chi connectivity index (χ0v) is 14.1. The van der Waals surface area contributed by atoms with Crippen molar-refractivity contribution in [2.75, 3.05) is 18.2 Å². The molecule has 2 aromatic carbocycles. The van der Waals surface area contributed by atoms with E-state index >= 15 is 0 Å². The van der Waals surface area contributed by atoms with Crippen LogP contribution in [0.3, 0.4) is 0 Å². The number of amides is 1. The summed E-state index contributed by atoms with van der Waals surface area (Å²) in [6.45, 7) is 2.47. The predicted octanol–water partition coefficient (Wildman–Crippen LogP) is 2.48. The van der Waals surface area contributed by atoms with Gasteiger partial charge in [0, 0.05) is 11.8 Å². The van der Waals surface area contributed by atoms with Crippen LogP contribution < -0.4 is 15.8 Å². The Morgan fingerprint density at radius 3 is 2.80 bits per heavy atom. The fourth-order valence-corrected chi connectivity index (χ4v) is 2.44. The Morgan fingerprint density at radius 2 is 2.04 bits per heavy atom. The van der Waals surface area contributed by atoms with E-state index in [1.807, 2.05) is 31.2 Å². The highest BCUT2D eigenvalue weighted by Gasteiger charge is 2.18. The minimum atomic E-state index is -0.415. The lowest BCUT2D eigenvalue weighted by atomic mass is 10.1. The molecule has 3 rings (SSSR count). The molecule has 7 heteroatoms. The number of aromatic nitrogens is 3. The van der Waals surface area contributed by atoms with Gasteiger partial charge in [0.1, 0.15) is 5.75 Å². The van der Waals surface area contributed by atoms with Gasteiger partial charge >= 0.3 is 0 Å². The summed E-state index contributed by atoms with van der Waals surface area (Å²) in [5.74, 6) is 0.458. The summed E-state index contributed by atoms with van der Waals surface area (Å²) >= 11 is 0. The van der Waals surface area contributed by atoms with Crippen LogP contribution >= 0.6 is 0 Å². The van der Waals surface area contributed by atoms with Crippen LogP contribution in [0.1, 0.15) is 21.6 Å². The Kier molecular flexibility index (Phi) is 4.65. The molecule has 1 aromatic heterocycles. The Hall–Kier alpha value is -3.35. The third-order valence-electron chi connectivity index (χ3n) is 3.90. The lowest BCUT2D eigenvalue weighted by Crippen LogP contribution is -2.15. The van der Waals surface area contributed by atoms with Gasteiger partial charge in [0.05, 0.1) is 13.7 Å². The number of nitrogens with zero attached hydrogens (tertiary/aromatic N) is 3. The van der Waals surface area contributed by atoms with E-state index in [4.69, 9.17) is 10.5 Å². The molecule has 0 aliphatic rings. The number of hydrogen-bond acceptors (Lipinski definition) is 5. The average molecular weight is 337 g/mol. The average Bonchev–Trinajstić information content (AvgIpc) is 2.98. The van der Waals surface area contributed by atoms with Gasteiger partial charge in [-0.2, -0.15) is 0 Å². The summed E-state index contributed by atoms with van der Waals surface area (Å²) in [4.78, 5) is 12.4. The van der Waals surface area contributed by atoms with Gasteiger partial charge in [-0.25, -0.2) is 4.68 Å². The van der Waals surface area contributed by atoms with Crippen LogP contribution in [-0.4, -0.2) is 28.0 Å². The first-order chi connectivity index (χ1) is 12.1. The Morgan fingerprint density at radius 1 is 1.24 bits per heavy atom. The highest BCUT2D eigenvalue weighted by atomic mass is 16.5. The number of nitrogens with two attached hydrogens (primary N) is 1. The van der Waals surface area contributed by atoms with Gasteiger partial charge in [-0.15, -0.1) is 5.10 Å². The van der Waals surface area contributed by atoms with Crippen LogP contribution in [0.15, 0.2) is 48.5 Å². The highest BCUT2D eigenvalue weighted by molar-refractivity contribution is 6.05. The van der Waals surface area contributed by atoms with E-state index in [0.717, 1.165) is 11.1 Å². The Balaban J connectivity index is 1.78. The molecule has 128 valence electrons. The Labute approximate surface area is 145 Å². The zero-order valence-electron chi connectivity index (χ0n) is 14.1. The maximum Gasteiger partial charge on any atom is 0.280 e. The van der Waals surface area contributed by atoms with Crippen molar-refractivity contribution in [1.82, 2.24) is 15.0 Å². The zero-order chi connectivity index (χ0) is 17.8. The molecule has 0 fully saturated rings. The standard InChI is InChI=1S/C18H19N5O2/c1-12-6-3-4-7-13(12)11-23-17(19)16(21-22-23)18(24)20-14-8-5-9-15(10-14)25-2/h3-10H,11,19H2,1-2H3,(H,20,24). The molecule has 0 saturated carbocycles. The van der Waals surface area contributed by atoms with Gasteiger partial charge in [0.15, 0.2) is 11.5 Å². The van der Waals surface area contributed by atoms with Gasteiger partial charge in [-0.05, 0) is 30.2 Å². The highest BCUT2D eigenvalue weighted by Crippen LogP contribution is 2.19. The molecule has 0 bridgehead atoms. The second-order valence-corrected chi connectivity index (χ2v) is 5.59. The number of nitrogen functional groups attached to an aromatic ring is 1. The minimum absolute atomic E-state index is 0.0939. The summed E-state index contributed by atoms with van der Waals surface area (Å²) in [5, 5.41) is 10.7. The van der Waals surface area contributed by atoms with Crippen molar-refractivity contribution in [2.45, 2.75) is 13.5 Å². The van der Waals surface area contributed by atoms with E-state index in [1.54, 1.807) is 31.4 Å². The summed E-state index contributed by atoms with van der Waals surface area (Å²) < 4.78 is 6.66. The monoisotopic (exact) mass is 337 g/mol. The number of carbonyl (C=O) groups is 1. The van der Waals surface area contributed by atoms with Crippen molar-refractivity contribution < 1.29 is 9.53 Å². The van der Waals surface area contributed by atoms with Gasteiger partial charge in [-0.1, -0.05) is 35.5 Å². The van der Waals surface area contributed by atoms with Crippen LogP contribution in [-0.2, 0) is 6.54 Å². The molecular formula is C18H19N5O2. The van der Waals surface area contributed by atoms with Crippen LogP contribution in [0.5, 0.6) is 5.75 Å². The van der Waals surface area contributed by atoms with Crippen molar-refractivity contribution in [3.63, 3.8) is 0 Å². The molecule has 0 aliphatic carbocycles. The van der Waals surface area contributed by atoms with Gasteiger partial charge in [0.25, 0.3) is 5.91 Å². The maximum atomic E-state index is 12.4. The maximum absolute atomic E-state index is 12.4. The molecule has 1 amide bonds. The van der Waals surface area contributed by atoms with Gasteiger partial charge < -0.3 is 15.8 Å². The molecule has 25 heavy (non-hydrogen) atoms. The smallest absolute Gasteiger partial charge is 0.280 e. The number of carbonyl (C=O) groups excluding carboxylic acids is 1. The van der Waals surface area contributed by atoms with Crippen molar-refractivity contribution in [1.29, 1.82) is 0 Å². The van der Waals surface area contributed by atoms with E-state index in [0.29, 0.717) is 18.0 Å². The number of aryl methyl sites for hydroxylation is 1. The van der Waals surface area contributed by atoms with E-state index in [2.05, 4.69) is 15.6 Å². The number of rotatable bonds is 5. The van der Waals surface area contributed by atoms with Crippen molar-refractivity contribution in [3.05, 3.63) is 65.4 Å². The van der Waals surface area contributed by atoms with E-state index in [-0.39, 0.29) is 11.5 Å². The van der Waals surface area contributed by atoms with Gasteiger partial charge in [-0.3, -0.25) is 4.79 Å². The summed E-state index contributed by atoms with van der Waals surface area (Å²) in [6, 6.07) is 15.0. The molecule has 0 unspecified atom stereocenters. The second-order valence-electron chi connectivity index (χ2n) is 5.59. The summed E-state index contributed by atoms with van der Waals surface area (Å²) in [5.41, 5.74) is 8.95. The molecule has 7 nitrogen and oxygen atoms in total. The van der Waals surface area contributed by atoms with E-state index in [1.165, 1.54) is 4.68 Å². The quantitative estimate of drug-likeness (QED) is 0.746. The summed E-state index contributed by atoms with van der Waals surface area (Å²) in [7, 11) is 1.57. The minimum Gasteiger partial charge on any atom is -0.497 e. The lowest BCUT2D eigenvalue weighted by Gasteiger charge is -2.07. The van der Waals surface area contributed by atoms with Crippen molar-refractivity contribution >= 4 is 17.4 Å². The first-order valence-electron chi connectivity index (χ1n) is 7.77. The number of methoxy groups -OCH3 is 1. The first kappa shape index (κ1) is 16.5. The first-order valence-corrected chi connectivity index (χ1v) is 7.77.